The average molecular weight is 1040 g/mol. The third-order valence-corrected chi connectivity index (χ3v) is 16.2. The number of β-amino-alcohol motifs (C(OH)–C–C–N with tert-alkyl or cyclic N) is 1. The van der Waals surface area contributed by atoms with Gasteiger partial charge in [0.2, 0.25) is 23.6 Å². The summed E-state index contributed by atoms with van der Waals surface area (Å²) in [6, 6.07) is 10.2. The first kappa shape index (κ1) is 54.8. The molecule has 400 valence electrons. The molecule has 2 saturated heterocycles. The van der Waals surface area contributed by atoms with Gasteiger partial charge in [0.15, 0.2) is 5.78 Å². The van der Waals surface area contributed by atoms with Crippen LogP contribution in [0.15, 0.2) is 59.1 Å². The Labute approximate surface area is 443 Å². The zero-order valence-electron chi connectivity index (χ0n) is 44.5. The maximum Gasteiger partial charge on any atom is 0.263 e. The van der Waals surface area contributed by atoms with Gasteiger partial charge >= 0.3 is 0 Å². The van der Waals surface area contributed by atoms with Gasteiger partial charge in [0, 0.05) is 81.8 Å². The fraction of sp³-hybridized carbons (Fsp3) is 0.544. The lowest BCUT2D eigenvalue weighted by Crippen LogP contribution is -2.57. The maximum absolute atomic E-state index is 14.1. The highest BCUT2D eigenvalue weighted by atomic mass is 32.1. The van der Waals surface area contributed by atoms with E-state index in [9.17, 15) is 33.9 Å². The Morgan fingerprint density at radius 1 is 0.853 bits per heavy atom. The predicted molar refractivity (Wildman–Crippen MR) is 290 cm³/mol. The van der Waals surface area contributed by atoms with Crippen LogP contribution in [0.25, 0.3) is 21.5 Å². The first-order chi connectivity index (χ1) is 36.0. The van der Waals surface area contributed by atoms with E-state index in [1.807, 2.05) is 80.7 Å². The van der Waals surface area contributed by atoms with Crippen LogP contribution in [0.5, 0.6) is 0 Å². The molecule has 0 unspecified atom stereocenters. The van der Waals surface area contributed by atoms with E-state index in [2.05, 4.69) is 25.5 Å². The number of aryl methyl sites for hydroxylation is 2. The minimum atomic E-state index is -0.872. The van der Waals surface area contributed by atoms with Crippen LogP contribution in [0.4, 0.5) is 5.69 Å². The van der Waals surface area contributed by atoms with E-state index in [1.165, 1.54) is 11.8 Å². The first-order valence-electron chi connectivity index (χ1n) is 26.9. The Morgan fingerprint density at radius 2 is 1.55 bits per heavy atom. The number of ketones is 1. The lowest BCUT2D eigenvalue weighted by molar-refractivity contribution is -0.144. The van der Waals surface area contributed by atoms with Crippen molar-refractivity contribution in [3.63, 3.8) is 0 Å². The van der Waals surface area contributed by atoms with E-state index in [0.717, 1.165) is 96.3 Å². The molecule has 3 N–H and O–H groups in total. The number of rotatable bonds is 20. The number of likely N-dealkylation sites (tertiary alicyclic amines) is 1. The quantitative estimate of drug-likeness (QED) is 0.0514. The number of fused-ring (bicyclic) bond motifs is 1. The number of aliphatic hydroxyl groups is 1. The molecule has 1 aromatic carbocycles. The van der Waals surface area contributed by atoms with Crippen molar-refractivity contribution in [3.05, 3.63) is 98.6 Å². The molecule has 18 heteroatoms. The van der Waals surface area contributed by atoms with Crippen LogP contribution in [0.3, 0.4) is 0 Å². The molecule has 6 heterocycles. The van der Waals surface area contributed by atoms with Gasteiger partial charge in [0.25, 0.3) is 5.56 Å². The van der Waals surface area contributed by atoms with Crippen molar-refractivity contribution in [1.82, 2.24) is 44.9 Å². The van der Waals surface area contributed by atoms with E-state index in [-0.39, 0.29) is 72.5 Å². The summed E-state index contributed by atoms with van der Waals surface area (Å²) in [5.74, 6) is -0.446. The molecule has 3 fully saturated rings. The summed E-state index contributed by atoms with van der Waals surface area (Å²) in [6.07, 6.45) is 13.1. The van der Waals surface area contributed by atoms with E-state index >= 15 is 0 Å². The van der Waals surface area contributed by atoms with Crippen molar-refractivity contribution in [2.45, 2.75) is 162 Å². The minimum absolute atomic E-state index is 0.0157. The third kappa shape index (κ3) is 13.4. The highest BCUT2D eigenvalue weighted by molar-refractivity contribution is 7.13. The van der Waals surface area contributed by atoms with Gasteiger partial charge in [-0.05, 0) is 80.7 Å². The summed E-state index contributed by atoms with van der Waals surface area (Å²) in [7, 11) is 0. The molecule has 3 atom stereocenters. The number of unbranched alkanes of at least 4 members (excludes halogenated alkanes) is 5. The van der Waals surface area contributed by atoms with Crippen molar-refractivity contribution in [2.75, 3.05) is 37.6 Å². The second kappa shape index (κ2) is 24.5. The molecule has 5 aromatic rings. The summed E-state index contributed by atoms with van der Waals surface area (Å²) in [5, 5.41) is 17.3. The third-order valence-electron chi connectivity index (χ3n) is 15.2. The molecule has 0 spiro atoms. The number of carbonyl (C=O) groups excluding carboxylic acids is 5. The summed E-state index contributed by atoms with van der Waals surface area (Å²) < 4.78 is 1.74. The molecule has 75 heavy (non-hydrogen) atoms. The van der Waals surface area contributed by atoms with Gasteiger partial charge in [-0.1, -0.05) is 83.6 Å². The molecule has 4 aromatic heterocycles. The second-order valence-electron chi connectivity index (χ2n) is 21.8. The van der Waals surface area contributed by atoms with Gasteiger partial charge in [-0.15, -0.1) is 11.3 Å². The average Bonchev–Trinajstić information content (AvgIpc) is 4.18. The Kier molecular flexibility index (Phi) is 17.9. The van der Waals surface area contributed by atoms with Gasteiger partial charge in [-0.3, -0.25) is 38.3 Å². The standard InChI is InChI=1S/C57H74N10O7S/c1-36-45-33-59-47(62-53(45)67(42-15-13-14-16-42)55(73)50(36)38(3)68)29-41-23-24-43(32-58-41)64-25-27-65(28-26-64)49(71)18-12-10-8-7-9-11-17-48(70)63-52(57(4,5)6)56(74)66-34-44(69)30-46(66)54(72)60-31-39-19-21-40(22-20-39)51-37(2)61-35-75-51/h19-24,32-33,35,42,44,46,52,69H,7-18,25-31,34H2,1-6H3,(H,60,72)(H,63,70)/t44-,46+,52-/m1/s1. The SMILES string of the molecule is CC(=O)c1c(C)c2cnc(Cc3ccc(N4CCN(C(=O)CCCCCCCCC(=O)N[C@H](C(=O)N5C[C@H](O)C[C@H]5C(=O)NCc5ccc(-c6scnc6C)cc5)C(C)(C)C)CC4)cn3)nc2n(C2CCCC2)c1=O. The number of aliphatic hydroxyl groups excluding tert-OH is 1. The zero-order valence-corrected chi connectivity index (χ0v) is 45.3. The van der Waals surface area contributed by atoms with E-state index < -0.39 is 23.6 Å². The molecule has 8 rings (SSSR count). The van der Waals surface area contributed by atoms with Crippen molar-refractivity contribution in [2.24, 2.45) is 5.41 Å². The summed E-state index contributed by atoms with van der Waals surface area (Å²) in [6.45, 7) is 13.9. The van der Waals surface area contributed by atoms with Crippen molar-refractivity contribution >= 4 is 57.5 Å². The topological polar surface area (TPSA) is 213 Å². The van der Waals surface area contributed by atoms with Crippen LogP contribution in [-0.4, -0.2) is 120 Å². The monoisotopic (exact) mass is 1040 g/mol. The number of anilines is 1. The van der Waals surface area contributed by atoms with Crippen LogP contribution in [0, 0.1) is 19.3 Å². The van der Waals surface area contributed by atoms with Gasteiger partial charge in [-0.2, -0.15) is 0 Å². The molecule has 3 aliphatic rings. The van der Waals surface area contributed by atoms with Gasteiger partial charge in [0.05, 0.1) is 46.1 Å². The van der Waals surface area contributed by atoms with Crippen LogP contribution in [0.1, 0.15) is 156 Å². The number of carbonyl (C=O) groups is 5. The minimum Gasteiger partial charge on any atom is -0.391 e. The number of hydrogen-bond donors (Lipinski definition) is 3. The van der Waals surface area contributed by atoms with Crippen molar-refractivity contribution in [1.29, 1.82) is 0 Å². The molecule has 2 aliphatic heterocycles. The molecule has 0 radical (unpaired) electrons. The number of amides is 4. The number of piperazine rings is 1. The van der Waals surface area contributed by atoms with Crippen LogP contribution in [-0.2, 0) is 32.1 Å². The van der Waals surface area contributed by atoms with E-state index in [4.69, 9.17) is 9.97 Å². The molecule has 1 saturated carbocycles. The lowest BCUT2D eigenvalue weighted by atomic mass is 9.85. The lowest BCUT2D eigenvalue weighted by Gasteiger charge is -2.36. The number of nitrogens with zero attached hydrogens (tertiary/aromatic N) is 8. The zero-order chi connectivity index (χ0) is 53.4. The number of hydrogen-bond acceptors (Lipinski definition) is 13. The van der Waals surface area contributed by atoms with Crippen LogP contribution < -0.4 is 21.1 Å². The molecule has 0 bridgehead atoms. The number of thiazole rings is 1. The maximum atomic E-state index is 14.1. The summed E-state index contributed by atoms with van der Waals surface area (Å²) in [5.41, 5.74) is 7.07. The predicted octanol–water partition coefficient (Wildman–Crippen LogP) is 7.41. The molecule has 17 nitrogen and oxygen atoms in total. The molecule has 4 amide bonds. The van der Waals surface area contributed by atoms with Gasteiger partial charge in [-0.25, -0.2) is 15.0 Å². The van der Waals surface area contributed by atoms with Gasteiger partial charge in [0.1, 0.15) is 23.6 Å². The second-order valence-corrected chi connectivity index (χ2v) is 22.7. The summed E-state index contributed by atoms with van der Waals surface area (Å²) >= 11 is 1.58. The number of pyridine rings is 2. The van der Waals surface area contributed by atoms with Crippen LogP contribution >= 0.6 is 11.3 Å². The molecule has 1 aliphatic carbocycles. The highest BCUT2D eigenvalue weighted by Gasteiger charge is 2.44. The smallest absolute Gasteiger partial charge is 0.263 e. The Morgan fingerprint density at radius 3 is 2.19 bits per heavy atom. The largest absolute Gasteiger partial charge is 0.391 e. The Hall–Kier alpha value is -6.40. The fourth-order valence-electron chi connectivity index (χ4n) is 10.9. The number of aromatic nitrogens is 5. The molecular formula is C57H74N10O7S. The number of Topliss-reactive ketones (excluding diaryl/α,β-unsaturated/α-hetero) is 1. The van der Waals surface area contributed by atoms with Crippen molar-refractivity contribution in [3.8, 4) is 10.4 Å². The Balaban J connectivity index is 0.716. The molecular weight excluding hydrogens is 969 g/mol. The van der Waals surface area contributed by atoms with Gasteiger partial charge < -0.3 is 30.4 Å². The normalized spacial score (nSPS) is 17.7. The number of benzene rings is 1. The van der Waals surface area contributed by atoms with Crippen molar-refractivity contribution < 1.29 is 29.1 Å². The fourth-order valence-corrected chi connectivity index (χ4v) is 11.7. The first-order valence-corrected chi connectivity index (χ1v) is 27.8. The number of nitrogens with one attached hydrogen (secondary N) is 2. The van der Waals surface area contributed by atoms with E-state index in [1.54, 1.807) is 29.0 Å². The highest BCUT2D eigenvalue weighted by Crippen LogP contribution is 2.33. The van der Waals surface area contributed by atoms with Crippen LogP contribution in [0.2, 0.25) is 0 Å². The Bertz CT molecular complexity index is 2900. The van der Waals surface area contributed by atoms with E-state index in [0.29, 0.717) is 62.5 Å². The summed E-state index contributed by atoms with van der Waals surface area (Å²) in [4.78, 5) is 105.